The Labute approximate surface area is 176 Å². The second-order valence-electron chi connectivity index (χ2n) is 7.01. The number of benzene rings is 3. The molecular formula is C23H23NO5S. The smallest absolute Gasteiger partial charge is 0.278 e. The lowest BCUT2D eigenvalue weighted by atomic mass is 10.1. The first-order chi connectivity index (χ1) is 14.2. The minimum atomic E-state index is -4.21. The zero-order valence-corrected chi connectivity index (χ0v) is 17.8. The van der Waals surface area contributed by atoms with Gasteiger partial charge in [-0.05, 0) is 68.3 Å². The highest BCUT2D eigenvalue weighted by atomic mass is 32.2. The monoisotopic (exact) mass is 425 g/mol. The molecule has 6 nitrogen and oxygen atoms in total. The molecule has 7 heteroatoms. The van der Waals surface area contributed by atoms with Gasteiger partial charge in [-0.3, -0.25) is 4.79 Å². The number of carbonyl (C=O) groups excluding carboxylic acids is 1. The first-order valence-corrected chi connectivity index (χ1v) is 10.8. The number of hydrogen-bond acceptors (Lipinski definition) is 5. The molecule has 0 radical (unpaired) electrons. The van der Waals surface area contributed by atoms with E-state index < -0.39 is 22.5 Å². The fourth-order valence-corrected chi connectivity index (χ4v) is 4.71. The van der Waals surface area contributed by atoms with E-state index in [0.717, 1.165) is 9.87 Å². The highest BCUT2D eigenvalue weighted by Gasteiger charge is 2.33. The second-order valence-corrected chi connectivity index (χ2v) is 8.79. The number of hydrogen-bond donors (Lipinski definition) is 1. The van der Waals surface area contributed by atoms with Crippen LogP contribution >= 0.6 is 0 Å². The molecule has 0 aliphatic heterocycles. The molecule has 0 heterocycles. The number of carbonyl (C=O) groups is 1. The molecule has 0 spiro atoms. The van der Waals surface area contributed by atoms with Crippen molar-refractivity contribution < 1.29 is 23.1 Å². The van der Waals surface area contributed by atoms with Gasteiger partial charge in [0.1, 0.15) is 11.5 Å². The molecule has 156 valence electrons. The SMILES string of the molecule is Cc1ccc(S(=O)(=O)N(C(=O)COc2ccccc2)c2c(C)cc(O)cc2C)cc1. The quantitative estimate of drug-likeness (QED) is 0.642. The number of phenolic OH excluding ortho intramolecular Hbond substituents is 1. The van der Waals surface area contributed by atoms with Crippen LogP contribution < -0.4 is 9.04 Å². The van der Waals surface area contributed by atoms with Crippen LogP contribution in [-0.4, -0.2) is 26.0 Å². The Hall–Kier alpha value is -3.32. The van der Waals surface area contributed by atoms with Crippen molar-refractivity contribution in [1.82, 2.24) is 0 Å². The van der Waals surface area contributed by atoms with Crippen LogP contribution in [0.25, 0.3) is 0 Å². The van der Waals surface area contributed by atoms with E-state index in [-0.39, 0.29) is 16.3 Å². The van der Waals surface area contributed by atoms with Crippen LogP contribution in [0.5, 0.6) is 11.5 Å². The Morgan fingerprint density at radius 3 is 2.07 bits per heavy atom. The summed E-state index contributed by atoms with van der Waals surface area (Å²) in [6, 6.07) is 17.8. The predicted molar refractivity (Wildman–Crippen MR) is 115 cm³/mol. The van der Waals surface area contributed by atoms with Crippen molar-refractivity contribution in [3.8, 4) is 11.5 Å². The van der Waals surface area contributed by atoms with Crippen molar-refractivity contribution in [3.63, 3.8) is 0 Å². The van der Waals surface area contributed by atoms with E-state index in [1.807, 2.05) is 13.0 Å². The van der Waals surface area contributed by atoms with Gasteiger partial charge in [0.15, 0.2) is 6.61 Å². The Balaban J connectivity index is 2.07. The molecule has 0 saturated carbocycles. The van der Waals surface area contributed by atoms with E-state index in [1.54, 1.807) is 50.2 Å². The Kier molecular flexibility index (Phi) is 6.12. The van der Waals surface area contributed by atoms with Crippen molar-refractivity contribution in [1.29, 1.82) is 0 Å². The summed E-state index contributed by atoms with van der Waals surface area (Å²) >= 11 is 0. The average molecular weight is 426 g/mol. The lowest BCUT2D eigenvalue weighted by molar-refractivity contribution is -0.119. The van der Waals surface area contributed by atoms with Gasteiger partial charge in [0.2, 0.25) is 0 Å². The molecule has 0 atom stereocenters. The highest BCUT2D eigenvalue weighted by molar-refractivity contribution is 7.93. The number of ether oxygens (including phenoxy) is 1. The molecule has 0 unspecified atom stereocenters. The number of phenols is 1. The number of aryl methyl sites for hydroxylation is 3. The summed E-state index contributed by atoms with van der Waals surface area (Å²) in [6.07, 6.45) is 0. The minimum Gasteiger partial charge on any atom is -0.508 e. The van der Waals surface area contributed by atoms with E-state index in [4.69, 9.17) is 4.74 Å². The largest absolute Gasteiger partial charge is 0.508 e. The highest BCUT2D eigenvalue weighted by Crippen LogP contribution is 2.33. The average Bonchev–Trinajstić information content (AvgIpc) is 2.69. The third-order valence-corrected chi connectivity index (χ3v) is 6.30. The number of rotatable bonds is 6. The first-order valence-electron chi connectivity index (χ1n) is 9.33. The van der Waals surface area contributed by atoms with Gasteiger partial charge in [0, 0.05) is 0 Å². The van der Waals surface area contributed by atoms with Gasteiger partial charge < -0.3 is 9.84 Å². The van der Waals surface area contributed by atoms with E-state index in [0.29, 0.717) is 16.9 Å². The van der Waals surface area contributed by atoms with Crippen LogP contribution in [-0.2, 0) is 14.8 Å². The van der Waals surface area contributed by atoms with Gasteiger partial charge in [-0.25, -0.2) is 8.42 Å². The number of para-hydroxylation sites is 1. The van der Waals surface area contributed by atoms with Crippen LogP contribution in [0.2, 0.25) is 0 Å². The summed E-state index contributed by atoms with van der Waals surface area (Å²) in [5, 5.41) is 9.86. The van der Waals surface area contributed by atoms with E-state index in [2.05, 4.69) is 0 Å². The molecule has 0 aliphatic carbocycles. The van der Waals surface area contributed by atoms with Crippen molar-refractivity contribution in [2.24, 2.45) is 0 Å². The van der Waals surface area contributed by atoms with Crippen molar-refractivity contribution in [2.45, 2.75) is 25.7 Å². The zero-order valence-electron chi connectivity index (χ0n) is 17.0. The number of anilines is 1. The molecule has 0 fully saturated rings. The molecule has 1 amide bonds. The molecule has 0 aromatic heterocycles. The van der Waals surface area contributed by atoms with Crippen LogP contribution in [0.4, 0.5) is 5.69 Å². The fourth-order valence-electron chi connectivity index (χ4n) is 3.17. The standard InChI is InChI=1S/C23H23NO5S/c1-16-9-11-21(12-10-16)30(27,28)24(23-17(2)13-19(25)14-18(23)3)22(26)15-29-20-7-5-4-6-8-20/h4-14,25H,15H2,1-3H3. The van der Waals surface area contributed by atoms with E-state index in [9.17, 15) is 18.3 Å². The van der Waals surface area contributed by atoms with Crippen LogP contribution in [0, 0.1) is 20.8 Å². The summed E-state index contributed by atoms with van der Waals surface area (Å²) < 4.78 is 33.2. The van der Waals surface area contributed by atoms with Crippen molar-refractivity contribution in [2.75, 3.05) is 10.9 Å². The Morgan fingerprint density at radius 2 is 1.50 bits per heavy atom. The Morgan fingerprint density at radius 1 is 0.933 bits per heavy atom. The Bertz CT molecular complexity index is 1130. The van der Waals surface area contributed by atoms with Gasteiger partial charge in [0.25, 0.3) is 15.9 Å². The van der Waals surface area contributed by atoms with Gasteiger partial charge in [-0.1, -0.05) is 35.9 Å². The maximum absolute atomic E-state index is 13.5. The van der Waals surface area contributed by atoms with Crippen LogP contribution in [0.1, 0.15) is 16.7 Å². The summed E-state index contributed by atoms with van der Waals surface area (Å²) in [6.45, 7) is 4.67. The molecule has 0 saturated heterocycles. The molecular weight excluding hydrogens is 402 g/mol. The summed E-state index contributed by atoms with van der Waals surface area (Å²) in [4.78, 5) is 13.1. The molecule has 3 aromatic rings. The first kappa shape index (κ1) is 21.4. The number of sulfonamides is 1. The normalized spacial score (nSPS) is 11.2. The van der Waals surface area contributed by atoms with E-state index >= 15 is 0 Å². The van der Waals surface area contributed by atoms with Crippen LogP contribution in [0.3, 0.4) is 0 Å². The number of nitrogens with zero attached hydrogens (tertiary/aromatic N) is 1. The third kappa shape index (κ3) is 4.46. The summed E-state index contributed by atoms with van der Waals surface area (Å²) in [7, 11) is -4.21. The van der Waals surface area contributed by atoms with Crippen LogP contribution in [0.15, 0.2) is 71.6 Å². The van der Waals surface area contributed by atoms with Crippen molar-refractivity contribution >= 4 is 21.6 Å². The summed E-state index contributed by atoms with van der Waals surface area (Å²) in [5.41, 5.74) is 2.01. The van der Waals surface area contributed by atoms with E-state index in [1.165, 1.54) is 24.3 Å². The second kappa shape index (κ2) is 8.59. The number of aromatic hydroxyl groups is 1. The molecule has 3 aromatic carbocycles. The molecule has 1 N–H and O–H groups in total. The predicted octanol–water partition coefficient (Wildman–Crippen LogP) is 4.12. The van der Waals surface area contributed by atoms with Crippen molar-refractivity contribution in [3.05, 3.63) is 83.4 Å². The minimum absolute atomic E-state index is 0.00517. The van der Waals surface area contributed by atoms with Gasteiger partial charge >= 0.3 is 0 Å². The molecule has 3 rings (SSSR count). The lowest BCUT2D eigenvalue weighted by Crippen LogP contribution is -2.41. The van der Waals surface area contributed by atoms with Gasteiger partial charge in [-0.2, -0.15) is 4.31 Å². The van der Waals surface area contributed by atoms with Gasteiger partial charge in [-0.15, -0.1) is 0 Å². The fraction of sp³-hybridized carbons (Fsp3) is 0.174. The number of amides is 1. The maximum Gasteiger partial charge on any atom is 0.278 e. The topological polar surface area (TPSA) is 83.9 Å². The summed E-state index contributed by atoms with van der Waals surface area (Å²) in [5.74, 6) is -0.288. The van der Waals surface area contributed by atoms with Gasteiger partial charge in [0.05, 0.1) is 10.6 Å². The third-order valence-electron chi connectivity index (χ3n) is 4.57. The molecule has 0 aliphatic rings. The maximum atomic E-state index is 13.5. The molecule has 0 bridgehead atoms. The zero-order chi connectivity index (χ0) is 21.9. The molecule has 30 heavy (non-hydrogen) atoms. The lowest BCUT2D eigenvalue weighted by Gasteiger charge is -2.26.